The lowest BCUT2D eigenvalue weighted by molar-refractivity contribution is 0.647. The van der Waals surface area contributed by atoms with Gasteiger partial charge in [0.2, 0.25) is 0 Å². The first-order valence-corrected chi connectivity index (χ1v) is 9.46. The molecule has 0 atom stereocenters. The zero-order valence-electron chi connectivity index (χ0n) is 16.9. The first-order valence-electron chi connectivity index (χ1n) is 9.46. The van der Waals surface area contributed by atoms with Gasteiger partial charge in [-0.3, -0.25) is 0 Å². The summed E-state index contributed by atoms with van der Waals surface area (Å²) in [6.07, 6.45) is 1.05. The van der Waals surface area contributed by atoms with Crippen LogP contribution in [0.1, 0.15) is 25.0 Å². The molecule has 0 saturated heterocycles. The van der Waals surface area contributed by atoms with Crippen LogP contribution in [0.2, 0.25) is 0 Å². The molecule has 0 unspecified atom stereocenters. The minimum atomic E-state index is 0.262. The van der Waals surface area contributed by atoms with Gasteiger partial charge in [0.05, 0.1) is 5.69 Å². The van der Waals surface area contributed by atoms with Crippen molar-refractivity contribution in [1.82, 2.24) is 4.98 Å². The number of benzene rings is 2. The van der Waals surface area contributed by atoms with E-state index in [0.29, 0.717) is 11.5 Å². The quantitative estimate of drug-likeness (QED) is 0.676. The summed E-state index contributed by atoms with van der Waals surface area (Å²) in [6.45, 7) is 4.43. The number of nitrogens with zero attached hydrogens (tertiary/aromatic N) is 3. The Bertz CT molecular complexity index is 995. The van der Waals surface area contributed by atoms with Crippen LogP contribution < -0.4 is 10.6 Å². The highest BCUT2D eigenvalue weighted by Crippen LogP contribution is 2.32. The molecule has 0 spiro atoms. The predicted octanol–water partition coefficient (Wildman–Crippen LogP) is 5.13. The van der Waals surface area contributed by atoms with Crippen LogP contribution in [0.4, 0.5) is 11.5 Å². The Labute approximate surface area is 167 Å². The number of rotatable bonds is 5. The minimum Gasteiger partial charge on any atom is -0.383 e. The third-order valence-electron chi connectivity index (χ3n) is 4.75. The summed E-state index contributed by atoms with van der Waals surface area (Å²) in [5, 5.41) is 9.61. The van der Waals surface area contributed by atoms with Crippen LogP contribution >= 0.6 is 0 Å². The van der Waals surface area contributed by atoms with E-state index in [2.05, 4.69) is 49.2 Å². The van der Waals surface area contributed by atoms with E-state index >= 15 is 0 Å². The standard InChI is InChI=1S/C24H26N4/c1-16(2)13-17-5-7-19(8-6-17)23-14-21(22(15-25)24(26)27-23)18-9-11-20(12-10-18)28(3)4/h5-12,14,16H,13H2,1-4H3,(H2,26,27). The smallest absolute Gasteiger partial charge is 0.142 e. The van der Waals surface area contributed by atoms with E-state index in [0.717, 1.165) is 34.5 Å². The molecule has 0 radical (unpaired) electrons. The number of nitrogens with two attached hydrogens (primary N) is 1. The Balaban J connectivity index is 2.04. The van der Waals surface area contributed by atoms with E-state index in [-0.39, 0.29) is 5.82 Å². The molecular weight excluding hydrogens is 344 g/mol. The van der Waals surface area contributed by atoms with Crippen molar-refractivity contribution in [3.8, 4) is 28.5 Å². The Morgan fingerprint density at radius 1 is 1.00 bits per heavy atom. The van der Waals surface area contributed by atoms with Crippen molar-refractivity contribution >= 4 is 11.5 Å². The molecule has 28 heavy (non-hydrogen) atoms. The molecule has 142 valence electrons. The SMILES string of the molecule is CC(C)Cc1ccc(-c2cc(-c3ccc(N(C)C)cc3)c(C#N)c(N)n2)cc1. The number of hydrogen-bond donors (Lipinski definition) is 1. The number of pyridine rings is 1. The maximum absolute atomic E-state index is 9.61. The monoisotopic (exact) mass is 370 g/mol. The minimum absolute atomic E-state index is 0.262. The lowest BCUT2D eigenvalue weighted by Gasteiger charge is -2.14. The van der Waals surface area contributed by atoms with Crippen molar-refractivity contribution in [3.63, 3.8) is 0 Å². The highest BCUT2D eigenvalue weighted by Gasteiger charge is 2.14. The lowest BCUT2D eigenvalue weighted by atomic mass is 9.97. The summed E-state index contributed by atoms with van der Waals surface area (Å²) in [5.74, 6) is 0.879. The molecule has 0 fully saturated rings. The number of hydrogen-bond acceptors (Lipinski definition) is 4. The highest BCUT2D eigenvalue weighted by molar-refractivity contribution is 5.80. The van der Waals surface area contributed by atoms with Gasteiger partial charge in [0.25, 0.3) is 0 Å². The normalized spacial score (nSPS) is 10.7. The number of nitrogen functional groups attached to an aromatic ring is 1. The molecule has 0 aliphatic rings. The molecule has 3 rings (SSSR count). The lowest BCUT2D eigenvalue weighted by Crippen LogP contribution is -2.08. The summed E-state index contributed by atoms with van der Waals surface area (Å²) in [5.41, 5.74) is 12.5. The largest absolute Gasteiger partial charge is 0.383 e. The van der Waals surface area contributed by atoms with Crippen molar-refractivity contribution < 1.29 is 0 Å². The summed E-state index contributed by atoms with van der Waals surface area (Å²) >= 11 is 0. The van der Waals surface area contributed by atoms with Gasteiger partial charge in [-0.2, -0.15) is 5.26 Å². The van der Waals surface area contributed by atoms with Crippen LogP contribution in [0.3, 0.4) is 0 Å². The van der Waals surface area contributed by atoms with Gasteiger partial charge >= 0.3 is 0 Å². The number of anilines is 2. The summed E-state index contributed by atoms with van der Waals surface area (Å²) in [4.78, 5) is 6.53. The molecule has 4 nitrogen and oxygen atoms in total. The van der Waals surface area contributed by atoms with E-state index < -0.39 is 0 Å². The predicted molar refractivity (Wildman–Crippen MR) is 117 cm³/mol. The van der Waals surface area contributed by atoms with Gasteiger partial charge in [-0.15, -0.1) is 0 Å². The molecular formula is C24H26N4. The van der Waals surface area contributed by atoms with E-state index in [4.69, 9.17) is 5.73 Å². The molecule has 0 saturated carbocycles. The first kappa shape index (κ1) is 19.4. The van der Waals surface area contributed by atoms with Crippen molar-refractivity contribution in [1.29, 1.82) is 5.26 Å². The molecule has 2 N–H and O–H groups in total. The van der Waals surface area contributed by atoms with E-state index in [1.807, 2.05) is 49.3 Å². The average Bonchev–Trinajstić information content (AvgIpc) is 2.67. The number of aromatic nitrogens is 1. The molecule has 0 aliphatic carbocycles. The van der Waals surface area contributed by atoms with Crippen molar-refractivity contribution in [2.75, 3.05) is 24.7 Å². The molecule has 0 bridgehead atoms. The van der Waals surface area contributed by atoms with Crippen LogP contribution in [0.25, 0.3) is 22.4 Å². The van der Waals surface area contributed by atoms with Gasteiger partial charge in [0.15, 0.2) is 0 Å². The van der Waals surface area contributed by atoms with Crippen LogP contribution in [-0.4, -0.2) is 19.1 Å². The van der Waals surface area contributed by atoms with Crippen molar-refractivity contribution in [2.24, 2.45) is 5.92 Å². The Morgan fingerprint density at radius 3 is 2.14 bits per heavy atom. The maximum Gasteiger partial charge on any atom is 0.142 e. The topological polar surface area (TPSA) is 65.9 Å². The second kappa shape index (κ2) is 8.14. The van der Waals surface area contributed by atoms with Crippen LogP contribution in [0.15, 0.2) is 54.6 Å². The average molecular weight is 371 g/mol. The molecule has 3 aromatic rings. The van der Waals surface area contributed by atoms with Gasteiger partial charge in [-0.1, -0.05) is 50.2 Å². The molecule has 4 heteroatoms. The van der Waals surface area contributed by atoms with Gasteiger partial charge in [-0.05, 0) is 41.7 Å². The van der Waals surface area contributed by atoms with E-state index in [1.165, 1.54) is 5.56 Å². The highest BCUT2D eigenvalue weighted by atomic mass is 15.1. The van der Waals surface area contributed by atoms with E-state index in [1.54, 1.807) is 0 Å². The molecule has 0 aliphatic heterocycles. The second-order valence-electron chi connectivity index (χ2n) is 7.66. The zero-order chi connectivity index (χ0) is 20.3. The Kier molecular flexibility index (Phi) is 5.65. The van der Waals surface area contributed by atoms with Crippen molar-refractivity contribution in [2.45, 2.75) is 20.3 Å². The Hall–Kier alpha value is -3.32. The van der Waals surface area contributed by atoms with Crippen LogP contribution in [0.5, 0.6) is 0 Å². The Morgan fingerprint density at radius 2 is 1.61 bits per heavy atom. The summed E-state index contributed by atoms with van der Waals surface area (Å²) in [6, 6.07) is 20.7. The first-order chi connectivity index (χ1) is 13.4. The van der Waals surface area contributed by atoms with Gasteiger partial charge in [0.1, 0.15) is 17.5 Å². The third kappa shape index (κ3) is 4.15. The van der Waals surface area contributed by atoms with Gasteiger partial charge in [-0.25, -0.2) is 4.98 Å². The summed E-state index contributed by atoms with van der Waals surface area (Å²) in [7, 11) is 4.00. The van der Waals surface area contributed by atoms with Gasteiger partial charge in [0, 0.05) is 30.9 Å². The van der Waals surface area contributed by atoms with Crippen LogP contribution in [0, 0.1) is 17.2 Å². The molecule has 1 heterocycles. The van der Waals surface area contributed by atoms with E-state index in [9.17, 15) is 5.26 Å². The second-order valence-corrected chi connectivity index (χ2v) is 7.66. The molecule has 1 aromatic heterocycles. The zero-order valence-corrected chi connectivity index (χ0v) is 16.9. The fourth-order valence-corrected chi connectivity index (χ4v) is 3.28. The maximum atomic E-state index is 9.61. The van der Waals surface area contributed by atoms with Crippen LogP contribution in [-0.2, 0) is 6.42 Å². The summed E-state index contributed by atoms with van der Waals surface area (Å²) < 4.78 is 0. The fraction of sp³-hybridized carbons (Fsp3) is 0.250. The molecule has 0 amide bonds. The third-order valence-corrected chi connectivity index (χ3v) is 4.75. The molecule has 2 aromatic carbocycles. The van der Waals surface area contributed by atoms with Crippen molar-refractivity contribution in [3.05, 3.63) is 65.7 Å². The fourth-order valence-electron chi connectivity index (χ4n) is 3.28. The number of nitriles is 1. The van der Waals surface area contributed by atoms with Gasteiger partial charge < -0.3 is 10.6 Å².